The predicted octanol–water partition coefficient (Wildman–Crippen LogP) is 1.41. The quantitative estimate of drug-likeness (QED) is 0.414. The zero-order chi connectivity index (χ0) is 13.4. The van der Waals surface area contributed by atoms with E-state index in [2.05, 4.69) is 22.5 Å². The summed E-state index contributed by atoms with van der Waals surface area (Å²) in [6.45, 7) is 4.30. The SMILES string of the molecule is CCCNCCNc1nc(OC)ccc1[N+](=O)[O-]. The van der Waals surface area contributed by atoms with Gasteiger partial charge in [-0.1, -0.05) is 6.92 Å². The Labute approximate surface area is 106 Å². The van der Waals surface area contributed by atoms with Crippen molar-refractivity contribution in [2.45, 2.75) is 13.3 Å². The number of nitrogens with zero attached hydrogens (tertiary/aromatic N) is 2. The van der Waals surface area contributed by atoms with E-state index in [0.717, 1.165) is 19.5 Å². The molecule has 0 aliphatic carbocycles. The van der Waals surface area contributed by atoms with Gasteiger partial charge in [-0.25, -0.2) is 0 Å². The Morgan fingerprint density at radius 2 is 2.17 bits per heavy atom. The average molecular weight is 254 g/mol. The van der Waals surface area contributed by atoms with Gasteiger partial charge >= 0.3 is 5.69 Å². The van der Waals surface area contributed by atoms with E-state index in [1.807, 2.05) is 0 Å². The third-order valence-electron chi connectivity index (χ3n) is 2.28. The number of aromatic nitrogens is 1. The third-order valence-corrected chi connectivity index (χ3v) is 2.28. The van der Waals surface area contributed by atoms with Crippen molar-refractivity contribution in [2.24, 2.45) is 0 Å². The lowest BCUT2D eigenvalue weighted by molar-refractivity contribution is -0.384. The molecule has 0 bridgehead atoms. The van der Waals surface area contributed by atoms with Crippen molar-refractivity contribution in [3.8, 4) is 5.88 Å². The maximum absolute atomic E-state index is 10.8. The molecule has 1 rings (SSSR count). The Bertz CT molecular complexity index is 398. The van der Waals surface area contributed by atoms with Crippen LogP contribution in [0.4, 0.5) is 11.5 Å². The van der Waals surface area contributed by atoms with Crippen LogP contribution in [-0.2, 0) is 0 Å². The summed E-state index contributed by atoms with van der Waals surface area (Å²) < 4.78 is 4.95. The topological polar surface area (TPSA) is 89.3 Å². The summed E-state index contributed by atoms with van der Waals surface area (Å²) in [4.78, 5) is 14.4. The molecule has 1 aromatic heterocycles. The van der Waals surface area contributed by atoms with Crippen LogP contribution in [0.1, 0.15) is 13.3 Å². The highest BCUT2D eigenvalue weighted by atomic mass is 16.6. The molecule has 0 fully saturated rings. The molecular weight excluding hydrogens is 236 g/mol. The minimum Gasteiger partial charge on any atom is -0.481 e. The van der Waals surface area contributed by atoms with Crippen LogP contribution in [0.3, 0.4) is 0 Å². The highest BCUT2D eigenvalue weighted by Crippen LogP contribution is 2.24. The highest BCUT2D eigenvalue weighted by Gasteiger charge is 2.15. The van der Waals surface area contributed by atoms with E-state index in [4.69, 9.17) is 4.74 Å². The van der Waals surface area contributed by atoms with Crippen LogP contribution in [0.25, 0.3) is 0 Å². The minimum absolute atomic E-state index is 0.0497. The van der Waals surface area contributed by atoms with E-state index >= 15 is 0 Å². The summed E-state index contributed by atoms with van der Waals surface area (Å²) in [7, 11) is 1.47. The minimum atomic E-state index is -0.464. The molecule has 100 valence electrons. The van der Waals surface area contributed by atoms with Crippen LogP contribution in [0.2, 0.25) is 0 Å². The molecule has 0 aromatic carbocycles. The number of methoxy groups -OCH3 is 1. The van der Waals surface area contributed by atoms with Crippen molar-refractivity contribution in [3.63, 3.8) is 0 Å². The Hall–Kier alpha value is -1.89. The number of hydrogen-bond acceptors (Lipinski definition) is 6. The van der Waals surface area contributed by atoms with Crippen molar-refractivity contribution in [1.29, 1.82) is 0 Å². The van der Waals surface area contributed by atoms with Gasteiger partial charge in [0, 0.05) is 25.2 Å². The van der Waals surface area contributed by atoms with Gasteiger partial charge in [-0.15, -0.1) is 0 Å². The molecule has 0 radical (unpaired) electrons. The van der Waals surface area contributed by atoms with Crippen molar-refractivity contribution in [1.82, 2.24) is 10.3 Å². The van der Waals surface area contributed by atoms with Crippen molar-refractivity contribution < 1.29 is 9.66 Å². The van der Waals surface area contributed by atoms with Gasteiger partial charge in [0.1, 0.15) is 0 Å². The van der Waals surface area contributed by atoms with Crippen LogP contribution >= 0.6 is 0 Å². The number of rotatable bonds is 8. The molecule has 1 heterocycles. The molecule has 18 heavy (non-hydrogen) atoms. The van der Waals surface area contributed by atoms with E-state index in [0.29, 0.717) is 12.4 Å². The standard InChI is InChI=1S/C11H18N4O3/c1-3-6-12-7-8-13-11-9(15(16)17)4-5-10(14-11)18-2/h4-5,12H,3,6-8H2,1-2H3,(H,13,14). The summed E-state index contributed by atoms with van der Waals surface area (Å²) in [5.74, 6) is 0.585. The fourth-order valence-corrected chi connectivity index (χ4v) is 1.40. The van der Waals surface area contributed by atoms with Crippen LogP contribution in [0.15, 0.2) is 12.1 Å². The molecule has 7 heteroatoms. The second-order valence-corrected chi connectivity index (χ2v) is 3.66. The zero-order valence-corrected chi connectivity index (χ0v) is 10.6. The fraction of sp³-hybridized carbons (Fsp3) is 0.545. The third kappa shape index (κ3) is 4.17. The van der Waals surface area contributed by atoms with Crippen LogP contribution < -0.4 is 15.4 Å². The molecule has 1 aromatic rings. The average Bonchev–Trinajstić information content (AvgIpc) is 2.38. The maximum atomic E-state index is 10.8. The largest absolute Gasteiger partial charge is 0.481 e. The second-order valence-electron chi connectivity index (χ2n) is 3.66. The van der Waals surface area contributed by atoms with Gasteiger partial charge in [-0.2, -0.15) is 4.98 Å². The fourth-order valence-electron chi connectivity index (χ4n) is 1.40. The van der Waals surface area contributed by atoms with Crippen molar-refractivity contribution in [3.05, 3.63) is 22.2 Å². The highest BCUT2D eigenvalue weighted by molar-refractivity contribution is 5.56. The van der Waals surface area contributed by atoms with Crippen molar-refractivity contribution in [2.75, 3.05) is 32.1 Å². The van der Waals surface area contributed by atoms with E-state index in [-0.39, 0.29) is 11.5 Å². The summed E-state index contributed by atoms with van der Waals surface area (Å²) in [6.07, 6.45) is 1.05. The number of nitro groups is 1. The lowest BCUT2D eigenvalue weighted by Gasteiger charge is -2.08. The molecule has 0 amide bonds. The zero-order valence-electron chi connectivity index (χ0n) is 10.6. The first kappa shape index (κ1) is 14.2. The molecule has 0 spiro atoms. The molecular formula is C11H18N4O3. The van der Waals surface area contributed by atoms with Gasteiger partial charge in [0.05, 0.1) is 12.0 Å². The molecule has 0 saturated carbocycles. The predicted molar refractivity (Wildman–Crippen MR) is 69.1 cm³/mol. The number of hydrogen-bond donors (Lipinski definition) is 2. The van der Waals surface area contributed by atoms with Gasteiger partial charge < -0.3 is 15.4 Å². The summed E-state index contributed by atoms with van der Waals surface area (Å²) in [5, 5.41) is 16.9. The maximum Gasteiger partial charge on any atom is 0.311 e. The number of pyridine rings is 1. The molecule has 0 aliphatic heterocycles. The van der Waals surface area contributed by atoms with E-state index in [1.165, 1.54) is 19.2 Å². The van der Waals surface area contributed by atoms with Gasteiger partial charge in [-0.3, -0.25) is 10.1 Å². The smallest absolute Gasteiger partial charge is 0.311 e. The molecule has 7 nitrogen and oxygen atoms in total. The summed E-state index contributed by atoms with van der Waals surface area (Å²) in [6, 6.07) is 2.85. The Morgan fingerprint density at radius 3 is 2.78 bits per heavy atom. The lowest BCUT2D eigenvalue weighted by Crippen LogP contribution is -2.23. The van der Waals surface area contributed by atoms with Crippen LogP contribution in [-0.4, -0.2) is 36.7 Å². The Balaban J connectivity index is 2.63. The van der Waals surface area contributed by atoms with Gasteiger partial charge in [-0.05, 0) is 13.0 Å². The van der Waals surface area contributed by atoms with E-state index < -0.39 is 4.92 Å². The first-order valence-corrected chi connectivity index (χ1v) is 5.83. The van der Waals surface area contributed by atoms with E-state index in [1.54, 1.807) is 0 Å². The first-order chi connectivity index (χ1) is 8.69. The first-order valence-electron chi connectivity index (χ1n) is 5.83. The van der Waals surface area contributed by atoms with Crippen LogP contribution in [0, 0.1) is 10.1 Å². The Morgan fingerprint density at radius 1 is 1.39 bits per heavy atom. The molecule has 0 atom stereocenters. The molecule has 0 aliphatic rings. The van der Waals surface area contributed by atoms with Gasteiger partial charge in [0.25, 0.3) is 0 Å². The normalized spacial score (nSPS) is 10.1. The van der Waals surface area contributed by atoms with Gasteiger partial charge in [0.15, 0.2) is 0 Å². The summed E-state index contributed by atoms with van der Waals surface area (Å²) in [5.41, 5.74) is -0.0497. The number of anilines is 1. The van der Waals surface area contributed by atoms with Gasteiger partial charge in [0.2, 0.25) is 11.7 Å². The van der Waals surface area contributed by atoms with Crippen LogP contribution in [0.5, 0.6) is 5.88 Å². The number of nitrogens with one attached hydrogen (secondary N) is 2. The van der Waals surface area contributed by atoms with Crippen molar-refractivity contribution >= 4 is 11.5 Å². The monoisotopic (exact) mass is 254 g/mol. The molecule has 0 saturated heterocycles. The molecule has 0 unspecified atom stereocenters. The molecule has 2 N–H and O–H groups in total. The second kappa shape index (κ2) is 7.44. The lowest BCUT2D eigenvalue weighted by atomic mass is 10.3. The van der Waals surface area contributed by atoms with E-state index in [9.17, 15) is 10.1 Å². The Kier molecular flexibility index (Phi) is 5.86. The summed E-state index contributed by atoms with van der Waals surface area (Å²) >= 11 is 0. The number of ether oxygens (including phenoxy) is 1.